The van der Waals surface area contributed by atoms with Crippen LogP contribution >= 0.6 is 0 Å². The van der Waals surface area contributed by atoms with Crippen molar-refractivity contribution >= 4 is 11.6 Å². The van der Waals surface area contributed by atoms with E-state index in [0.29, 0.717) is 12.1 Å². The van der Waals surface area contributed by atoms with Gasteiger partial charge >= 0.3 is 0 Å². The second kappa shape index (κ2) is 9.37. The van der Waals surface area contributed by atoms with Crippen molar-refractivity contribution in [2.75, 3.05) is 38.0 Å². The van der Waals surface area contributed by atoms with Crippen molar-refractivity contribution in [3.8, 4) is 0 Å². The maximum atomic E-state index is 12.0. The first-order valence-corrected chi connectivity index (χ1v) is 7.55. The third-order valence-corrected chi connectivity index (χ3v) is 3.23. The van der Waals surface area contributed by atoms with Crippen molar-refractivity contribution in [2.24, 2.45) is 0 Å². The zero-order chi connectivity index (χ0) is 14.8. The molecule has 20 heavy (non-hydrogen) atoms. The molecule has 1 amide bonds. The fourth-order valence-corrected chi connectivity index (χ4v) is 2.12. The van der Waals surface area contributed by atoms with E-state index < -0.39 is 0 Å². The van der Waals surface area contributed by atoms with Crippen molar-refractivity contribution in [2.45, 2.75) is 27.2 Å². The van der Waals surface area contributed by atoms with Gasteiger partial charge in [0, 0.05) is 30.9 Å². The molecule has 1 aromatic rings. The van der Waals surface area contributed by atoms with Gasteiger partial charge in [-0.1, -0.05) is 13.8 Å². The van der Waals surface area contributed by atoms with Crippen LogP contribution in [-0.2, 0) is 0 Å². The van der Waals surface area contributed by atoms with Gasteiger partial charge in [-0.15, -0.1) is 0 Å². The second-order valence-electron chi connectivity index (χ2n) is 4.80. The van der Waals surface area contributed by atoms with E-state index in [9.17, 15) is 4.79 Å². The molecular weight excluding hydrogens is 250 g/mol. The number of carbonyl (C=O) groups is 1. The van der Waals surface area contributed by atoms with Gasteiger partial charge in [0.15, 0.2) is 0 Å². The molecule has 0 saturated heterocycles. The highest BCUT2D eigenvalue weighted by atomic mass is 16.1. The van der Waals surface area contributed by atoms with Crippen molar-refractivity contribution in [3.05, 3.63) is 29.8 Å². The van der Waals surface area contributed by atoms with E-state index >= 15 is 0 Å². The summed E-state index contributed by atoms with van der Waals surface area (Å²) in [6.07, 6.45) is 1.15. The van der Waals surface area contributed by atoms with Gasteiger partial charge < -0.3 is 15.5 Å². The summed E-state index contributed by atoms with van der Waals surface area (Å²) in [5, 5.41) is 6.19. The van der Waals surface area contributed by atoms with Crippen LogP contribution < -0.4 is 10.6 Å². The monoisotopic (exact) mass is 277 g/mol. The lowest BCUT2D eigenvalue weighted by Crippen LogP contribution is -2.35. The molecular formula is C16H27N3O. The highest BCUT2D eigenvalue weighted by Crippen LogP contribution is 2.08. The number of rotatable bonds is 9. The molecule has 0 spiro atoms. The first-order chi connectivity index (χ1) is 9.71. The molecule has 1 aromatic carbocycles. The lowest BCUT2D eigenvalue weighted by atomic mass is 10.2. The summed E-state index contributed by atoms with van der Waals surface area (Å²) >= 11 is 0. The predicted octanol–water partition coefficient (Wildman–Crippen LogP) is 2.58. The number of nitrogens with zero attached hydrogens (tertiary/aromatic N) is 1. The number of hydrogen-bond donors (Lipinski definition) is 2. The molecule has 0 radical (unpaired) electrons. The number of nitrogens with one attached hydrogen (secondary N) is 2. The Hall–Kier alpha value is -1.55. The van der Waals surface area contributed by atoms with Crippen LogP contribution in [0.4, 0.5) is 5.69 Å². The van der Waals surface area contributed by atoms with Crippen LogP contribution in [0.1, 0.15) is 37.6 Å². The average Bonchev–Trinajstić information content (AvgIpc) is 2.47. The summed E-state index contributed by atoms with van der Waals surface area (Å²) in [6.45, 7) is 11.0. The molecule has 0 aliphatic heterocycles. The van der Waals surface area contributed by atoms with Crippen LogP contribution in [0.5, 0.6) is 0 Å². The second-order valence-corrected chi connectivity index (χ2v) is 4.80. The SMILES string of the molecule is CCCN(CC)CCNC(=O)c1ccc(NCC)cc1. The van der Waals surface area contributed by atoms with E-state index in [1.165, 1.54) is 0 Å². The quantitative estimate of drug-likeness (QED) is 0.729. The highest BCUT2D eigenvalue weighted by molar-refractivity contribution is 5.94. The molecule has 4 nitrogen and oxygen atoms in total. The number of amides is 1. The normalized spacial score (nSPS) is 10.6. The van der Waals surface area contributed by atoms with Gasteiger partial charge in [0.25, 0.3) is 5.91 Å². The van der Waals surface area contributed by atoms with Crippen molar-refractivity contribution in [1.29, 1.82) is 0 Å². The Morgan fingerprint density at radius 1 is 1.10 bits per heavy atom. The number of anilines is 1. The summed E-state index contributed by atoms with van der Waals surface area (Å²) in [5.41, 5.74) is 1.76. The van der Waals surface area contributed by atoms with Crippen LogP contribution in [0.25, 0.3) is 0 Å². The number of carbonyl (C=O) groups excluding carboxylic acids is 1. The van der Waals surface area contributed by atoms with Crippen LogP contribution in [0, 0.1) is 0 Å². The third kappa shape index (κ3) is 5.61. The fraction of sp³-hybridized carbons (Fsp3) is 0.562. The van der Waals surface area contributed by atoms with Crippen LogP contribution in [0.3, 0.4) is 0 Å². The fourth-order valence-electron chi connectivity index (χ4n) is 2.12. The maximum absolute atomic E-state index is 12.0. The van der Waals surface area contributed by atoms with Gasteiger partial charge in [-0.25, -0.2) is 0 Å². The van der Waals surface area contributed by atoms with Gasteiger partial charge in [0.1, 0.15) is 0 Å². The van der Waals surface area contributed by atoms with Crippen molar-refractivity contribution < 1.29 is 4.79 Å². The van der Waals surface area contributed by atoms with Crippen LogP contribution in [0.2, 0.25) is 0 Å². The minimum absolute atomic E-state index is 0.000556. The molecule has 0 aromatic heterocycles. The smallest absolute Gasteiger partial charge is 0.251 e. The number of likely N-dealkylation sites (N-methyl/N-ethyl adjacent to an activating group) is 1. The van der Waals surface area contributed by atoms with Crippen LogP contribution in [0.15, 0.2) is 24.3 Å². The minimum atomic E-state index is 0.000556. The maximum Gasteiger partial charge on any atom is 0.251 e. The first-order valence-electron chi connectivity index (χ1n) is 7.55. The average molecular weight is 277 g/mol. The van der Waals surface area contributed by atoms with E-state index in [-0.39, 0.29) is 5.91 Å². The van der Waals surface area contributed by atoms with Crippen molar-refractivity contribution in [3.63, 3.8) is 0 Å². The Morgan fingerprint density at radius 3 is 2.35 bits per heavy atom. The summed E-state index contributed by atoms with van der Waals surface area (Å²) < 4.78 is 0. The standard InChI is InChI=1S/C16H27N3O/c1-4-12-19(6-3)13-11-18-16(20)14-7-9-15(10-8-14)17-5-2/h7-10,17H,4-6,11-13H2,1-3H3,(H,18,20). The largest absolute Gasteiger partial charge is 0.385 e. The Balaban J connectivity index is 2.38. The molecule has 0 aliphatic carbocycles. The Kier molecular flexibility index (Phi) is 7.73. The molecule has 112 valence electrons. The van der Waals surface area contributed by atoms with Gasteiger partial charge in [-0.05, 0) is 50.7 Å². The van der Waals surface area contributed by atoms with E-state index in [1.807, 2.05) is 24.3 Å². The molecule has 2 N–H and O–H groups in total. The Morgan fingerprint density at radius 2 is 1.80 bits per heavy atom. The number of benzene rings is 1. The predicted molar refractivity (Wildman–Crippen MR) is 85.3 cm³/mol. The molecule has 4 heteroatoms. The first kappa shape index (κ1) is 16.5. The van der Waals surface area contributed by atoms with Gasteiger partial charge in [-0.2, -0.15) is 0 Å². The summed E-state index contributed by atoms with van der Waals surface area (Å²) in [6, 6.07) is 7.59. The highest BCUT2D eigenvalue weighted by Gasteiger charge is 2.06. The molecule has 0 atom stereocenters. The summed E-state index contributed by atoms with van der Waals surface area (Å²) in [5.74, 6) is 0.000556. The third-order valence-electron chi connectivity index (χ3n) is 3.23. The van der Waals surface area contributed by atoms with Crippen molar-refractivity contribution in [1.82, 2.24) is 10.2 Å². The molecule has 0 heterocycles. The van der Waals surface area contributed by atoms with E-state index in [4.69, 9.17) is 0 Å². The molecule has 0 unspecified atom stereocenters. The molecule has 1 rings (SSSR count). The van der Waals surface area contributed by atoms with Gasteiger partial charge in [0.2, 0.25) is 0 Å². The van der Waals surface area contributed by atoms with E-state index in [2.05, 4.69) is 36.3 Å². The zero-order valence-electron chi connectivity index (χ0n) is 12.9. The zero-order valence-corrected chi connectivity index (χ0v) is 12.9. The lowest BCUT2D eigenvalue weighted by molar-refractivity contribution is 0.0948. The summed E-state index contributed by atoms with van der Waals surface area (Å²) in [4.78, 5) is 14.3. The molecule has 0 saturated carbocycles. The van der Waals surface area contributed by atoms with E-state index in [1.54, 1.807) is 0 Å². The molecule has 0 fully saturated rings. The lowest BCUT2D eigenvalue weighted by Gasteiger charge is -2.19. The summed E-state index contributed by atoms with van der Waals surface area (Å²) in [7, 11) is 0. The van der Waals surface area contributed by atoms with E-state index in [0.717, 1.165) is 38.3 Å². The Bertz CT molecular complexity index is 389. The Labute approximate surface area is 122 Å². The van der Waals surface area contributed by atoms with Gasteiger partial charge in [-0.3, -0.25) is 4.79 Å². The molecule has 0 bridgehead atoms. The van der Waals surface area contributed by atoms with Crippen LogP contribution in [-0.4, -0.2) is 43.5 Å². The minimum Gasteiger partial charge on any atom is -0.385 e. The number of hydrogen-bond acceptors (Lipinski definition) is 3. The van der Waals surface area contributed by atoms with Gasteiger partial charge in [0.05, 0.1) is 0 Å². The topological polar surface area (TPSA) is 44.4 Å². The molecule has 0 aliphatic rings.